The second-order valence-electron chi connectivity index (χ2n) is 13.0. The highest BCUT2D eigenvalue weighted by atomic mass is 16.7. The molecule has 0 radical (unpaired) electrons. The maximum atomic E-state index is 13.4. The van der Waals surface area contributed by atoms with Crippen LogP contribution in [-0.2, 0) is 23.7 Å². The third-order valence-corrected chi connectivity index (χ3v) is 9.47. The molecule has 0 spiro atoms. The second kappa shape index (κ2) is 16.8. The van der Waals surface area contributed by atoms with Gasteiger partial charge in [-0.05, 0) is 48.0 Å². The largest absolute Gasteiger partial charge is 0.508 e. The summed E-state index contributed by atoms with van der Waals surface area (Å²) in [5.74, 6) is -1.61. The number of phenols is 3. The van der Waals surface area contributed by atoms with Gasteiger partial charge in [-0.15, -0.1) is 0 Å². The monoisotopic (exact) mass is 784 g/mol. The lowest BCUT2D eigenvalue weighted by molar-refractivity contribution is -0.342. The minimum atomic E-state index is -2.02. The lowest BCUT2D eigenvalue weighted by atomic mass is 9.89. The zero-order valence-electron chi connectivity index (χ0n) is 29.7. The quantitative estimate of drug-likeness (QED) is 0.0725. The molecule has 3 heterocycles. The topological polar surface area (TPSA) is 285 Å². The number of carbonyl (C=O) groups excluding carboxylic acids is 1. The van der Waals surface area contributed by atoms with Crippen LogP contribution in [0.1, 0.15) is 17.2 Å². The number of methoxy groups -OCH3 is 2. The number of fused-ring (bicyclic) bond motifs is 1. The molecule has 2 aliphatic rings. The lowest BCUT2D eigenvalue weighted by Crippen LogP contribution is -2.63. The normalized spacial score (nSPS) is 28.0. The summed E-state index contributed by atoms with van der Waals surface area (Å²) in [6.45, 7) is -1.53. The third-order valence-electron chi connectivity index (χ3n) is 9.47. The van der Waals surface area contributed by atoms with Crippen molar-refractivity contribution in [3.05, 3.63) is 82.0 Å². The van der Waals surface area contributed by atoms with Crippen molar-refractivity contribution in [2.45, 2.75) is 61.2 Å². The smallest absolute Gasteiger partial charge is 0.330 e. The summed E-state index contributed by atoms with van der Waals surface area (Å²) in [5.41, 5.74) is -0.783. The maximum absolute atomic E-state index is 13.4. The summed E-state index contributed by atoms with van der Waals surface area (Å²) < 4.78 is 39.2. The molecule has 0 unspecified atom stereocenters. The number of ether oxygens (including phenoxy) is 6. The molecular formula is C38H40O18. The van der Waals surface area contributed by atoms with Crippen molar-refractivity contribution < 1.29 is 83.6 Å². The van der Waals surface area contributed by atoms with Gasteiger partial charge in [0.25, 0.3) is 0 Å². The van der Waals surface area contributed by atoms with E-state index in [2.05, 4.69) is 0 Å². The highest BCUT2D eigenvalue weighted by Gasteiger charge is 2.52. The van der Waals surface area contributed by atoms with Crippen LogP contribution in [0.4, 0.5) is 0 Å². The molecule has 2 saturated heterocycles. The van der Waals surface area contributed by atoms with E-state index in [-0.39, 0.29) is 11.5 Å². The van der Waals surface area contributed by atoms with Crippen LogP contribution in [0.5, 0.6) is 28.7 Å². The number of phenolic OH excluding ortho intramolecular Hbond substituents is 3. The van der Waals surface area contributed by atoms with Crippen LogP contribution in [0.2, 0.25) is 0 Å². The summed E-state index contributed by atoms with van der Waals surface area (Å²) in [7, 11) is 2.91. The Hall–Kier alpha value is -5.28. The van der Waals surface area contributed by atoms with E-state index in [0.29, 0.717) is 22.6 Å². The zero-order chi connectivity index (χ0) is 40.4. The summed E-state index contributed by atoms with van der Waals surface area (Å²) in [5, 5.41) is 95.8. The standard InChI is InChI=1S/C38H40O18/c1-50-22-9-3-16(11-24(22)51-2)4-10-27(44)52-15-26-31(46)32(47)34(49)38(55-26)56-37-33(48)30(45)25(14-39)54-36(37)29-20(42)12-19(41)28-21(43)13-23(53-35(28)29)17-5-7-18(40)8-6-17/h3-13,25-26,30-34,36-42,45-49H,14-15H2,1-2H3/b10-4+/t25-,26+,30-,31-,32-,33+,34+,36+,37-,38+/m0/s1. The third kappa shape index (κ3) is 8.01. The van der Waals surface area contributed by atoms with Gasteiger partial charge in [0.05, 0.1) is 26.4 Å². The van der Waals surface area contributed by atoms with E-state index in [0.717, 1.165) is 18.2 Å². The number of aromatic hydroxyl groups is 3. The molecule has 0 saturated carbocycles. The molecule has 10 atom stereocenters. The molecular weight excluding hydrogens is 744 g/mol. The average molecular weight is 785 g/mol. The highest BCUT2D eigenvalue weighted by molar-refractivity contribution is 5.90. The van der Waals surface area contributed by atoms with Gasteiger partial charge in [-0.2, -0.15) is 0 Å². The number of hydrogen-bond acceptors (Lipinski definition) is 18. The van der Waals surface area contributed by atoms with E-state index in [1.807, 2.05) is 0 Å². The first-order chi connectivity index (χ1) is 26.8. The first-order valence-corrected chi connectivity index (χ1v) is 17.1. The van der Waals surface area contributed by atoms with Crippen LogP contribution < -0.4 is 14.9 Å². The summed E-state index contributed by atoms with van der Waals surface area (Å²) in [6, 6.07) is 12.2. The van der Waals surface area contributed by atoms with E-state index in [4.69, 9.17) is 32.8 Å². The van der Waals surface area contributed by atoms with E-state index < -0.39 is 114 Å². The SMILES string of the molecule is COc1ccc(/C=C/C(=O)OC[C@H]2O[C@H](O[C@H]3[C@H](O)[C@@H](O)[C@H](CO)O[C@@H]3c3c(O)cc(O)c4c(=O)cc(-c5ccc(O)cc5)oc34)[C@H](O)[C@@H](O)[C@H]2O)cc1OC. The number of aliphatic hydroxyl groups is 6. The summed E-state index contributed by atoms with van der Waals surface area (Å²) in [6.07, 6.45) is -15.8. The molecule has 2 fully saturated rings. The molecule has 0 aliphatic carbocycles. The first-order valence-electron chi connectivity index (χ1n) is 17.1. The molecule has 9 N–H and O–H groups in total. The Kier molecular flexibility index (Phi) is 12.1. The Morgan fingerprint density at radius 2 is 1.48 bits per heavy atom. The molecule has 18 heteroatoms. The van der Waals surface area contributed by atoms with Crippen molar-refractivity contribution in [1.82, 2.24) is 0 Å². The lowest BCUT2D eigenvalue weighted by Gasteiger charge is -2.46. The Balaban J connectivity index is 1.29. The van der Waals surface area contributed by atoms with Crippen molar-refractivity contribution in [3.63, 3.8) is 0 Å². The Labute approximate surface area is 317 Å². The van der Waals surface area contributed by atoms with Gasteiger partial charge in [0.2, 0.25) is 0 Å². The molecule has 0 bridgehead atoms. The van der Waals surface area contributed by atoms with E-state index in [1.165, 1.54) is 44.6 Å². The van der Waals surface area contributed by atoms with Gasteiger partial charge in [-0.3, -0.25) is 4.79 Å². The molecule has 0 amide bonds. The van der Waals surface area contributed by atoms with Crippen LogP contribution in [0.3, 0.4) is 0 Å². The molecule has 18 nitrogen and oxygen atoms in total. The number of rotatable bonds is 11. The molecule has 4 aromatic rings. The molecule has 6 rings (SSSR count). The average Bonchev–Trinajstić information content (AvgIpc) is 3.18. The fourth-order valence-electron chi connectivity index (χ4n) is 6.49. The van der Waals surface area contributed by atoms with Crippen LogP contribution in [0.25, 0.3) is 28.4 Å². The van der Waals surface area contributed by atoms with E-state index >= 15 is 0 Å². The van der Waals surface area contributed by atoms with Crippen molar-refractivity contribution in [3.8, 4) is 40.1 Å². The van der Waals surface area contributed by atoms with Crippen molar-refractivity contribution in [2.24, 2.45) is 0 Å². The Bertz CT molecular complexity index is 2110. The summed E-state index contributed by atoms with van der Waals surface area (Å²) in [4.78, 5) is 26.0. The van der Waals surface area contributed by atoms with Gasteiger partial charge in [0, 0.05) is 23.8 Å². The number of hydrogen-bond donors (Lipinski definition) is 9. The molecule has 3 aromatic carbocycles. The van der Waals surface area contributed by atoms with Crippen molar-refractivity contribution in [2.75, 3.05) is 27.4 Å². The van der Waals surface area contributed by atoms with Gasteiger partial charge in [-0.1, -0.05) is 6.07 Å². The second-order valence-corrected chi connectivity index (χ2v) is 13.0. The number of benzene rings is 3. The zero-order valence-corrected chi connectivity index (χ0v) is 29.7. The van der Waals surface area contributed by atoms with Gasteiger partial charge >= 0.3 is 5.97 Å². The van der Waals surface area contributed by atoms with Gasteiger partial charge in [0.15, 0.2) is 28.8 Å². The van der Waals surface area contributed by atoms with Gasteiger partial charge < -0.3 is 78.8 Å². The fourth-order valence-corrected chi connectivity index (χ4v) is 6.49. The molecule has 2 aliphatic heterocycles. The maximum Gasteiger partial charge on any atom is 0.330 e. The van der Waals surface area contributed by atoms with Crippen LogP contribution in [0, 0.1) is 0 Å². The minimum absolute atomic E-state index is 0.0829. The Morgan fingerprint density at radius 3 is 2.16 bits per heavy atom. The van der Waals surface area contributed by atoms with Crippen LogP contribution in [0.15, 0.2) is 69.9 Å². The predicted octanol–water partition coefficient (Wildman–Crippen LogP) is 0.197. The van der Waals surface area contributed by atoms with Crippen molar-refractivity contribution in [1.29, 1.82) is 0 Å². The van der Waals surface area contributed by atoms with Crippen molar-refractivity contribution >= 4 is 23.0 Å². The number of aliphatic hydroxyl groups excluding tert-OH is 6. The van der Waals surface area contributed by atoms with E-state index in [9.17, 15) is 55.5 Å². The fraction of sp³-hybridized carbons (Fsp3) is 0.368. The first kappa shape index (κ1) is 40.4. The summed E-state index contributed by atoms with van der Waals surface area (Å²) >= 11 is 0. The van der Waals surface area contributed by atoms with Crippen LogP contribution >= 0.6 is 0 Å². The van der Waals surface area contributed by atoms with Gasteiger partial charge in [-0.25, -0.2) is 4.79 Å². The van der Waals surface area contributed by atoms with E-state index in [1.54, 1.807) is 18.2 Å². The minimum Gasteiger partial charge on any atom is -0.508 e. The van der Waals surface area contributed by atoms with Crippen LogP contribution in [-0.4, -0.2) is 134 Å². The molecule has 300 valence electrons. The van der Waals surface area contributed by atoms with Gasteiger partial charge in [0.1, 0.15) is 89.9 Å². The highest BCUT2D eigenvalue weighted by Crippen LogP contribution is 2.45. The predicted molar refractivity (Wildman–Crippen MR) is 191 cm³/mol. The molecule has 56 heavy (non-hydrogen) atoms. The molecule has 1 aromatic heterocycles. The Morgan fingerprint density at radius 1 is 0.786 bits per heavy atom. The number of carbonyl (C=O) groups is 1. The number of esters is 1.